The molecule has 1 saturated heterocycles. The highest BCUT2D eigenvalue weighted by Gasteiger charge is 2.30. The quantitative estimate of drug-likeness (QED) is 0.484. The number of aromatic nitrogens is 1. The van der Waals surface area contributed by atoms with Gasteiger partial charge in [0.1, 0.15) is 4.32 Å². The minimum atomic E-state index is -0.0534. The predicted molar refractivity (Wildman–Crippen MR) is 95.8 cm³/mol. The second-order valence-corrected chi connectivity index (χ2v) is 6.44. The maximum absolute atomic E-state index is 12.3. The van der Waals surface area contributed by atoms with Gasteiger partial charge in [-0.1, -0.05) is 48.3 Å². The maximum atomic E-state index is 12.3. The van der Waals surface area contributed by atoms with Gasteiger partial charge in [0, 0.05) is 24.6 Å². The molecule has 3 rings (SSSR count). The van der Waals surface area contributed by atoms with E-state index in [1.54, 1.807) is 11.0 Å². The fourth-order valence-corrected chi connectivity index (χ4v) is 3.47. The Morgan fingerprint density at radius 3 is 2.73 bits per heavy atom. The molecule has 1 fully saturated rings. The molecule has 1 aromatic carbocycles. The Labute approximate surface area is 138 Å². The molecular formula is C17H14N2OS2. The summed E-state index contributed by atoms with van der Waals surface area (Å²) in [6.07, 6.45) is 7.53. The Morgan fingerprint density at radius 2 is 2.00 bits per heavy atom. The van der Waals surface area contributed by atoms with Gasteiger partial charge in [0.15, 0.2) is 0 Å². The van der Waals surface area contributed by atoms with Crippen LogP contribution in [0.15, 0.2) is 66.4 Å². The van der Waals surface area contributed by atoms with Gasteiger partial charge < -0.3 is 4.57 Å². The van der Waals surface area contributed by atoms with Crippen molar-refractivity contribution < 1.29 is 4.79 Å². The number of rotatable bonds is 4. The molecule has 5 heteroatoms. The van der Waals surface area contributed by atoms with Gasteiger partial charge in [-0.2, -0.15) is 0 Å². The molecule has 0 bridgehead atoms. The lowest BCUT2D eigenvalue weighted by Crippen LogP contribution is -2.27. The van der Waals surface area contributed by atoms with E-state index < -0.39 is 0 Å². The molecule has 0 radical (unpaired) electrons. The van der Waals surface area contributed by atoms with E-state index in [1.807, 2.05) is 59.4 Å². The Hall–Kier alpha value is -2.11. The number of hydrogen-bond acceptors (Lipinski definition) is 3. The lowest BCUT2D eigenvalue weighted by atomic mass is 10.3. The van der Waals surface area contributed by atoms with E-state index in [9.17, 15) is 4.79 Å². The average Bonchev–Trinajstić information content (AvgIpc) is 3.09. The lowest BCUT2D eigenvalue weighted by molar-refractivity contribution is -0.121. The van der Waals surface area contributed by atoms with Crippen LogP contribution in [-0.4, -0.2) is 26.2 Å². The van der Waals surface area contributed by atoms with Crippen molar-refractivity contribution >= 4 is 40.3 Å². The van der Waals surface area contributed by atoms with Crippen LogP contribution in [0.2, 0.25) is 0 Å². The van der Waals surface area contributed by atoms with Gasteiger partial charge in [0.2, 0.25) is 0 Å². The molecular weight excluding hydrogens is 312 g/mol. The molecule has 1 aromatic heterocycles. The summed E-state index contributed by atoms with van der Waals surface area (Å²) in [5.41, 5.74) is 2.06. The molecule has 0 atom stereocenters. The van der Waals surface area contributed by atoms with Gasteiger partial charge in [-0.3, -0.25) is 9.69 Å². The summed E-state index contributed by atoms with van der Waals surface area (Å²) in [7, 11) is 0. The highest BCUT2D eigenvalue weighted by Crippen LogP contribution is 2.32. The Bertz CT molecular complexity index is 762. The molecule has 0 saturated carbocycles. The topological polar surface area (TPSA) is 25.2 Å². The van der Waals surface area contributed by atoms with Gasteiger partial charge in [-0.15, -0.1) is 6.58 Å². The second kappa shape index (κ2) is 6.34. The van der Waals surface area contributed by atoms with Crippen molar-refractivity contribution in [2.45, 2.75) is 0 Å². The van der Waals surface area contributed by atoms with E-state index in [4.69, 9.17) is 12.2 Å². The SMILES string of the molecule is C=CCN1C(=O)/C(=C\c2ccn(-c3ccccc3)c2)SC1=S. The van der Waals surface area contributed by atoms with Crippen LogP contribution in [0.1, 0.15) is 5.56 Å². The summed E-state index contributed by atoms with van der Waals surface area (Å²) < 4.78 is 2.61. The third-order valence-electron chi connectivity index (χ3n) is 3.25. The first kappa shape index (κ1) is 14.8. The number of benzene rings is 1. The average molecular weight is 326 g/mol. The summed E-state index contributed by atoms with van der Waals surface area (Å²) in [5, 5.41) is 0. The zero-order valence-electron chi connectivity index (χ0n) is 11.8. The first-order valence-electron chi connectivity index (χ1n) is 6.79. The molecule has 2 aromatic rings. The van der Waals surface area contributed by atoms with Crippen LogP contribution in [0.5, 0.6) is 0 Å². The van der Waals surface area contributed by atoms with Crippen molar-refractivity contribution in [2.75, 3.05) is 6.54 Å². The second-order valence-electron chi connectivity index (χ2n) is 4.77. The zero-order valence-corrected chi connectivity index (χ0v) is 13.4. The summed E-state index contributed by atoms with van der Waals surface area (Å²) in [5.74, 6) is -0.0534. The van der Waals surface area contributed by atoms with E-state index >= 15 is 0 Å². The van der Waals surface area contributed by atoms with E-state index in [0.717, 1.165) is 11.3 Å². The van der Waals surface area contributed by atoms with Crippen LogP contribution < -0.4 is 0 Å². The lowest BCUT2D eigenvalue weighted by Gasteiger charge is -2.10. The molecule has 22 heavy (non-hydrogen) atoms. The van der Waals surface area contributed by atoms with Gasteiger partial charge in [0.25, 0.3) is 5.91 Å². The third kappa shape index (κ3) is 2.91. The van der Waals surface area contributed by atoms with Crippen molar-refractivity contribution in [2.24, 2.45) is 0 Å². The highest BCUT2D eigenvalue weighted by atomic mass is 32.2. The van der Waals surface area contributed by atoms with Gasteiger partial charge in [0.05, 0.1) is 4.91 Å². The van der Waals surface area contributed by atoms with Crippen molar-refractivity contribution in [1.29, 1.82) is 0 Å². The molecule has 1 aliphatic heterocycles. The molecule has 0 unspecified atom stereocenters. The number of para-hydroxylation sites is 1. The number of nitrogens with zero attached hydrogens (tertiary/aromatic N) is 2. The van der Waals surface area contributed by atoms with E-state index in [0.29, 0.717) is 15.8 Å². The van der Waals surface area contributed by atoms with Crippen LogP contribution in [0.3, 0.4) is 0 Å². The van der Waals surface area contributed by atoms with Crippen molar-refractivity contribution in [3.8, 4) is 5.69 Å². The molecule has 0 aliphatic carbocycles. The first-order chi connectivity index (χ1) is 10.7. The maximum Gasteiger partial charge on any atom is 0.266 e. The number of carbonyl (C=O) groups is 1. The Morgan fingerprint density at radius 1 is 1.23 bits per heavy atom. The van der Waals surface area contributed by atoms with Crippen LogP contribution in [0.4, 0.5) is 0 Å². The molecule has 2 heterocycles. The molecule has 0 spiro atoms. The summed E-state index contributed by atoms with van der Waals surface area (Å²) >= 11 is 6.57. The van der Waals surface area contributed by atoms with Crippen LogP contribution in [0, 0.1) is 0 Å². The Kier molecular flexibility index (Phi) is 4.27. The number of thioether (sulfide) groups is 1. The number of thiocarbonyl (C=S) groups is 1. The first-order valence-corrected chi connectivity index (χ1v) is 8.01. The molecule has 3 nitrogen and oxygen atoms in total. The molecule has 110 valence electrons. The molecule has 0 N–H and O–H groups in total. The monoisotopic (exact) mass is 326 g/mol. The van der Waals surface area contributed by atoms with E-state index in [2.05, 4.69) is 6.58 Å². The minimum absolute atomic E-state index is 0.0534. The smallest absolute Gasteiger partial charge is 0.266 e. The van der Waals surface area contributed by atoms with Gasteiger partial charge >= 0.3 is 0 Å². The molecule has 1 aliphatic rings. The van der Waals surface area contributed by atoms with Gasteiger partial charge in [-0.25, -0.2) is 0 Å². The summed E-state index contributed by atoms with van der Waals surface area (Å²) in [4.78, 5) is 14.5. The normalized spacial score (nSPS) is 16.5. The van der Waals surface area contributed by atoms with Crippen LogP contribution in [-0.2, 0) is 4.79 Å². The summed E-state index contributed by atoms with van der Waals surface area (Å²) in [6, 6.07) is 12.0. The van der Waals surface area contributed by atoms with Crippen LogP contribution in [0.25, 0.3) is 11.8 Å². The van der Waals surface area contributed by atoms with Crippen molar-refractivity contribution in [3.63, 3.8) is 0 Å². The molecule has 1 amide bonds. The Balaban J connectivity index is 1.85. The summed E-state index contributed by atoms with van der Waals surface area (Å²) in [6.45, 7) is 4.10. The number of amides is 1. The zero-order chi connectivity index (χ0) is 15.5. The largest absolute Gasteiger partial charge is 0.323 e. The van der Waals surface area contributed by atoms with Crippen LogP contribution >= 0.6 is 24.0 Å². The van der Waals surface area contributed by atoms with Crippen molar-refractivity contribution in [3.05, 3.63) is 71.9 Å². The highest BCUT2D eigenvalue weighted by molar-refractivity contribution is 8.26. The fourth-order valence-electron chi connectivity index (χ4n) is 2.20. The standard InChI is InChI=1S/C17H14N2OS2/c1-2-9-19-16(20)15(22-17(19)21)11-13-8-10-18(12-13)14-6-4-3-5-7-14/h2-8,10-12H,1,9H2/b15-11+. The minimum Gasteiger partial charge on any atom is -0.323 e. The predicted octanol–water partition coefficient (Wildman–Crippen LogP) is 3.86. The fraction of sp³-hybridized carbons (Fsp3) is 0.0588. The van der Waals surface area contributed by atoms with Gasteiger partial charge in [-0.05, 0) is 29.8 Å². The number of carbonyl (C=O) groups excluding carboxylic acids is 1. The van der Waals surface area contributed by atoms with E-state index in [1.165, 1.54) is 11.8 Å². The third-order valence-corrected chi connectivity index (χ3v) is 4.63. The van der Waals surface area contributed by atoms with Crippen molar-refractivity contribution in [1.82, 2.24) is 9.47 Å². The number of hydrogen-bond donors (Lipinski definition) is 0. The van der Waals surface area contributed by atoms with E-state index in [-0.39, 0.29) is 5.91 Å².